The largest absolute Gasteiger partial charge is 0.326 e. The molecule has 0 saturated carbocycles. The first-order valence-corrected chi connectivity index (χ1v) is 8.31. The Bertz CT molecular complexity index is 634. The van der Waals surface area contributed by atoms with E-state index in [9.17, 15) is 4.79 Å². The van der Waals surface area contributed by atoms with Crippen LogP contribution in [0.1, 0.15) is 24.5 Å². The van der Waals surface area contributed by atoms with E-state index in [1.165, 1.54) is 0 Å². The summed E-state index contributed by atoms with van der Waals surface area (Å²) in [4.78, 5) is 12.2. The number of hydrogen-bond donors (Lipinski definition) is 2. The fraction of sp³-hybridized carbons (Fsp3) is 0.278. The number of halogens is 2. The molecule has 0 spiro atoms. The molecule has 0 radical (unpaired) electrons. The third-order valence-corrected chi connectivity index (χ3v) is 3.88. The van der Waals surface area contributed by atoms with Crippen LogP contribution in [0.15, 0.2) is 53.0 Å². The van der Waals surface area contributed by atoms with E-state index in [1.807, 2.05) is 48.5 Å². The summed E-state index contributed by atoms with van der Waals surface area (Å²) in [5.74, 6) is 0.0453. The Hall–Kier alpha value is -1.36. The standard InChI is InChI=1S/C18H21BrN2O.ClH/c1-2-20-13-15-7-3-4-9-17(15)21-18(22)11-10-14-6-5-8-16(19)12-14;/h3-9,12,20H,2,10-11,13H2,1H3,(H,21,22);1H. The van der Waals surface area contributed by atoms with E-state index in [2.05, 4.69) is 33.5 Å². The van der Waals surface area contributed by atoms with Gasteiger partial charge in [0.2, 0.25) is 5.91 Å². The highest BCUT2D eigenvalue weighted by Gasteiger charge is 2.07. The third-order valence-electron chi connectivity index (χ3n) is 3.39. The second-order valence-corrected chi connectivity index (χ2v) is 6.03. The summed E-state index contributed by atoms with van der Waals surface area (Å²) in [6.45, 7) is 3.74. The predicted octanol–water partition coefficient (Wildman–Crippen LogP) is 4.55. The maximum Gasteiger partial charge on any atom is 0.224 e. The van der Waals surface area contributed by atoms with Crippen molar-refractivity contribution in [2.75, 3.05) is 11.9 Å². The summed E-state index contributed by atoms with van der Waals surface area (Å²) in [6.07, 6.45) is 1.21. The maximum atomic E-state index is 12.2. The van der Waals surface area contributed by atoms with Gasteiger partial charge in [-0.15, -0.1) is 12.4 Å². The second kappa shape index (κ2) is 10.4. The van der Waals surface area contributed by atoms with Crippen LogP contribution in [-0.2, 0) is 17.8 Å². The molecule has 0 fully saturated rings. The molecule has 0 saturated heterocycles. The summed E-state index contributed by atoms with van der Waals surface area (Å²) >= 11 is 3.45. The van der Waals surface area contributed by atoms with E-state index >= 15 is 0 Å². The molecular weight excluding hydrogens is 376 g/mol. The highest BCUT2D eigenvalue weighted by atomic mass is 79.9. The van der Waals surface area contributed by atoms with Crippen molar-refractivity contribution in [3.05, 3.63) is 64.1 Å². The highest BCUT2D eigenvalue weighted by molar-refractivity contribution is 9.10. The van der Waals surface area contributed by atoms with E-state index in [1.54, 1.807) is 0 Å². The van der Waals surface area contributed by atoms with Gasteiger partial charge in [0, 0.05) is 23.1 Å². The van der Waals surface area contributed by atoms with Crippen LogP contribution in [0, 0.1) is 0 Å². The van der Waals surface area contributed by atoms with Gasteiger partial charge < -0.3 is 10.6 Å². The van der Waals surface area contributed by atoms with E-state index in [0.717, 1.165) is 40.8 Å². The average Bonchev–Trinajstić information content (AvgIpc) is 2.52. The molecule has 5 heteroatoms. The van der Waals surface area contributed by atoms with Crippen molar-refractivity contribution in [1.29, 1.82) is 0 Å². The molecule has 0 aliphatic rings. The van der Waals surface area contributed by atoms with Gasteiger partial charge in [-0.3, -0.25) is 4.79 Å². The summed E-state index contributed by atoms with van der Waals surface area (Å²) in [6, 6.07) is 16.0. The van der Waals surface area contributed by atoms with Crippen molar-refractivity contribution in [2.45, 2.75) is 26.3 Å². The van der Waals surface area contributed by atoms with Crippen molar-refractivity contribution in [1.82, 2.24) is 5.32 Å². The van der Waals surface area contributed by atoms with Crippen molar-refractivity contribution in [2.24, 2.45) is 0 Å². The topological polar surface area (TPSA) is 41.1 Å². The normalized spacial score (nSPS) is 10.0. The zero-order chi connectivity index (χ0) is 15.8. The van der Waals surface area contributed by atoms with Crippen molar-refractivity contribution < 1.29 is 4.79 Å². The fourth-order valence-electron chi connectivity index (χ4n) is 2.22. The van der Waals surface area contributed by atoms with Crippen LogP contribution in [0.2, 0.25) is 0 Å². The number of carbonyl (C=O) groups excluding carboxylic acids is 1. The molecule has 0 aliphatic heterocycles. The Kier molecular flexibility index (Phi) is 8.92. The van der Waals surface area contributed by atoms with Gasteiger partial charge in [0.05, 0.1) is 0 Å². The minimum absolute atomic E-state index is 0. The number of hydrogen-bond acceptors (Lipinski definition) is 2. The smallest absolute Gasteiger partial charge is 0.224 e. The van der Waals surface area contributed by atoms with E-state index in [4.69, 9.17) is 0 Å². The monoisotopic (exact) mass is 396 g/mol. The maximum absolute atomic E-state index is 12.2. The molecule has 1 amide bonds. The van der Waals surface area contributed by atoms with Gasteiger partial charge in [-0.2, -0.15) is 0 Å². The Morgan fingerprint density at radius 2 is 1.91 bits per heavy atom. The van der Waals surface area contributed by atoms with E-state index < -0.39 is 0 Å². The number of nitrogens with one attached hydrogen (secondary N) is 2. The minimum Gasteiger partial charge on any atom is -0.326 e. The van der Waals surface area contributed by atoms with Gasteiger partial charge in [0.25, 0.3) is 0 Å². The Balaban J connectivity index is 0.00000264. The zero-order valence-electron chi connectivity index (χ0n) is 13.1. The third kappa shape index (κ3) is 6.73. The van der Waals surface area contributed by atoms with Gasteiger partial charge in [0.1, 0.15) is 0 Å². The van der Waals surface area contributed by atoms with Crippen LogP contribution in [0.5, 0.6) is 0 Å². The number of para-hydroxylation sites is 1. The van der Waals surface area contributed by atoms with Gasteiger partial charge in [-0.25, -0.2) is 0 Å². The zero-order valence-corrected chi connectivity index (χ0v) is 15.5. The van der Waals surface area contributed by atoms with Crippen LogP contribution in [-0.4, -0.2) is 12.5 Å². The van der Waals surface area contributed by atoms with Crippen LogP contribution in [0.3, 0.4) is 0 Å². The highest BCUT2D eigenvalue weighted by Crippen LogP contribution is 2.16. The molecule has 0 unspecified atom stereocenters. The lowest BCUT2D eigenvalue weighted by Crippen LogP contribution is -2.17. The lowest BCUT2D eigenvalue weighted by atomic mass is 10.1. The number of amides is 1. The van der Waals surface area contributed by atoms with Crippen LogP contribution < -0.4 is 10.6 Å². The number of carbonyl (C=O) groups is 1. The van der Waals surface area contributed by atoms with Crippen LogP contribution in [0.25, 0.3) is 0 Å². The fourth-order valence-corrected chi connectivity index (χ4v) is 2.67. The van der Waals surface area contributed by atoms with Gasteiger partial charge >= 0.3 is 0 Å². The van der Waals surface area contributed by atoms with Crippen molar-refractivity contribution >= 4 is 39.9 Å². The first-order chi connectivity index (χ1) is 10.7. The predicted molar refractivity (Wildman–Crippen MR) is 102 cm³/mol. The number of aryl methyl sites for hydroxylation is 1. The summed E-state index contributed by atoms with van der Waals surface area (Å²) in [5, 5.41) is 6.30. The number of benzene rings is 2. The van der Waals surface area contributed by atoms with E-state index in [0.29, 0.717) is 6.42 Å². The molecule has 0 heterocycles. The molecule has 23 heavy (non-hydrogen) atoms. The van der Waals surface area contributed by atoms with Crippen LogP contribution >= 0.6 is 28.3 Å². The first kappa shape index (κ1) is 19.7. The van der Waals surface area contributed by atoms with Gasteiger partial charge in [-0.05, 0) is 42.3 Å². The molecule has 2 aromatic rings. The van der Waals surface area contributed by atoms with E-state index in [-0.39, 0.29) is 18.3 Å². The van der Waals surface area contributed by atoms with Crippen molar-refractivity contribution in [3.8, 4) is 0 Å². The molecular formula is C18H22BrClN2O. The SMILES string of the molecule is CCNCc1ccccc1NC(=O)CCc1cccc(Br)c1.Cl. The molecule has 3 nitrogen and oxygen atoms in total. The lowest BCUT2D eigenvalue weighted by molar-refractivity contribution is -0.116. The summed E-state index contributed by atoms with van der Waals surface area (Å²) in [5.41, 5.74) is 3.16. The van der Waals surface area contributed by atoms with Gasteiger partial charge in [0.15, 0.2) is 0 Å². The number of anilines is 1. The Morgan fingerprint density at radius 3 is 2.65 bits per heavy atom. The molecule has 124 valence electrons. The quantitative estimate of drug-likeness (QED) is 0.719. The van der Waals surface area contributed by atoms with Crippen LogP contribution in [0.4, 0.5) is 5.69 Å². The molecule has 2 aromatic carbocycles. The average molecular weight is 398 g/mol. The molecule has 2 N–H and O–H groups in total. The molecule has 0 aliphatic carbocycles. The Morgan fingerprint density at radius 1 is 1.13 bits per heavy atom. The van der Waals surface area contributed by atoms with Gasteiger partial charge in [-0.1, -0.05) is 53.2 Å². The second-order valence-electron chi connectivity index (χ2n) is 5.12. The molecule has 2 rings (SSSR count). The Labute approximate surface area is 152 Å². The number of rotatable bonds is 7. The first-order valence-electron chi connectivity index (χ1n) is 7.52. The lowest BCUT2D eigenvalue weighted by Gasteiger charge is -2.11. The van der Waals surface area contributed by atoms with Crippen molar-refractivity contribution in [3.63, 3.8) is 0 Å². The molecule has 0 aromatic heterocycles. The molecule has 0 bridgehead atoms. The molecule has 0 atom stereocenters. The summed E-state index contributed by atoms with van der Waals surface area (Å²) in [7, 11) is 0. The minimum atomic E-state index is 0. The summed E-state index contributed by atoms with van der Waals surface area (Å²) < 4.78 is 1.04.